The van der Waals surface area contributed by atoms with Gasteiger partial charge in [-0.2, -0.15) is 5.10 Å². The average Bonchev–Trinajstić information content (AvgIpc) is 3.79. The molecule has 14 heteroatoms. The maximum absolute atomic E-state index is 13.3. The molecule has 0 aliphatic carbocycles. The summed E-state index contributed by atoms with van der Waals surface area (Å²) in [4.78, 5) is 40.2. The number of rotatable bonds is 14. The monoisotopic (exact) mass is 762 g/mol. The molecule has 3 aromatic carbocycles. The minimum Gasteiger partial charge on any atom is -0.457 e. The smallest absolute Gasteiger partial charge is 0.254 e. The van der Waals surface area contributed by atoms with E-state index in [9.17, 15) is 9.59 Å². The Hall–Kier alpha value is -5.02. The number of nitrogens with two attached hydrogens (primary N) is 1. The highest BCUT2D eigenvalue weighted by molar-refractivity contribution is 7.99. The van der Waals surface area contributed by atoms with E-state index in [0.29, 0.717) is 67.7 Å². The zero-order valence-corrected chi connectivity index (χ0v) is 31.6. The summed E-state index contributed by atoms with van der Waals surface area (Å²) in [6, 6.07) is 23.5. The molecule has 0 bridgehead atoms. The maximum atomic E-state index is 13.3. The van der Waals surface area contributed by atoms with Gasteiger partial charge in [0.05, 0.1) is 31.2 Å². The van der Waals surface area contributed by atoms with Gasteiger partial charge < -0.3 is 35.1 Å². The zero-order chi connectivity index (χ0) is 37.6. The Morgan fingerprint density at radius 1 is 0.909 bits per heavy atom. The van der Waals surface area contributed by atoms with Gasteiger partial charge in [0.25, 0.3) is 5.91 Å². The van der Waals surface area contributed by atoms with Crippen LogP contribution in [0.4, 0.5) is 5.82 Å². The van der Waals surface area contributed by atoms with Crippen LogP contribution < -0.4 is 15.8 Å². The van der Waals surface area contributed by atoms with Crippen LogP contribution in [-0.4, -0.2) is 106 Å². The van der Waals surface area contributed by atoms with E-state index in [1.165, 1.54) is 6.33 Å². The van der Waals surface area contributed by atoms with Crippen LogP contribution in [0, 0.1) is 0 Å². The summed E-state index contributed by atoms with van der Waals surface area (Å²) in [6.07, 6.45) is 5.28. The molecule has 2 amide bonds. The first kappa shape index (κ1) is 36.9. The van der Waals surface area contributed by atoms with Crippen molar-refractivity contribution < 1.29 is 23.8 Å². The minimum absolute atomic E-state index is 0.0142. The predicted octanol–water partition coefficient (Wildman–Crippen LogP) is 5.56. The number of aromatic nitrogens is 4. The number of para-hydroxylation sites is 1. The Bertz CT molecular complexity index is 2110. The number of anilines is 1. The average molecular weight is 763 g/mol. The Morgan fingerprint density at radius 2 is 1.73 bits per heavy atom. The van der Waals surface area contributed by atoms with Crippen molar-refractivity contribution in [3.8, 4) is 22.8 Å². The van der Waals surface area contributed by atoms with Crippen molar-refractivity contribution in [2.45, 2.75) is 49.2 Å². The number of ether oxygens (including phenoxy) is 3. The van der Waals surface area contributed by atoms with E-state index in [1.807, 2.05) is 81.2 Å². The van der Waals surface area contributed by atoms with Gasteiger partial charge >= 0.3 is 0 Å². The van der Waals surface area contributed by atoms with Gasteiger partial charge in [0.15, 0.2) is 5.65 Å². The normalized spacial score (nSPS) is 18.5. The number of likely N-dealkylation sites (tertiary alicyclic amines) is 1. The zero-order valence-electron chi connectivity index (χ0n) is 30.8. The molecule has 0 spiro atoms. The summed E-state index contributed by atoms with van der Waals surface area (Å²) >= 11 is 1.72. The van der Waals surface area contributed by atoms with Crippen molar-refractivity contribution >= 4 is 40.4 Å². The van der Waals surface area contributed by atoms with Crippen LogP contribution in [0.3, 0.4) is 0 Å². The first-order valence-corrected chi connectivity index (χ1v) is 20.0. The Balaban J connectivity index is 0.803. The number of fused-ring (bicyclic) bond motifs is 2. The standard InChI is InChI=1S/C41H46N8O5S/c42-39-37-38(28-13-15-32(16-14-28)54-31-9-2-1-3-10-31)46-49(40(37)45-27-44-39)30-8-6-18-47(24-30)36(50)26-53-20-19-52-21-22-55-35-12-4-11-33-34(35)25-48(41(33)51)29-7-5-17-43-23-29/h1-4,9-16,27,29-30,43H,5-8,17-26H2,(H2,42,44,45)/t29?,30-/m1/s1. The number of nitrogens with zero attached hydrogens (tertiary/aromatic N) is 6. The molecule has 2 aromatic heterocycles. The number of thioether (sulfide) groups is 1. The molecule has 3 aliphatic rings. The second-order valence-electron chi connectivity index (χ2n) is 14.1. The molecule has 55 heavy (non-hydrogen) atoms. The van der Waals surface area contributed by atoms with E-state index in [-0.39, 0.29) is 30.5 Å². The second-order valence-corrected chi connectivity index (χ2v) is 15.2. The highest BCUT2D eigenvalue weighted by Gasteiger charge is 2.34. The Labute approximate surface area is 324 Å². The Kier molecular flexibility index (Phi) is 11.5. The van der Waals surface area contributed by atoms with Crippen LogP contribution in [0.25, 0.3) is 22.3 Å². The highest BCUT2D eigenvalue weighted by Crippen LogP contribution is 2.36. The van der Waals surface area contributed by atoms with Gasteiger partial charge in [-0.05, 0) is 86.3 Å². The molecule has 286 valence electrons. The van der Waals surface area contributed by atoms with Crippen molar-refractivity contribution in [3.05, 3.63) is 90.3 Å². The first-order valence-electron chi connectivity index (χ1n) is 19.0. The van der Waals surface area contributed by atoms with Crippen LogP contribution in [0.2, 0.25) is 0 Å². The van der Waals surface area contributed by atoms with Gasteiger partial charge in [0.2, 0.25) is 5.91 Å². The van der Waals surface area contributed by atoms with Crippen LogP contribution in [0.1, 0.15) is 47.6 Å². The second kappa shape index (κ2) is 17.2. The number of carbonyl (C=O) groups excluding carboxylic acids is 2. The third kappa shape index (κ3) is 8.32. The molecular formula is C41H46N8O5S. The molecule has 5 aromatic rings. The van der Waals surface area contributed by atoms with Gasteiger partial charge in [-0.1, -0.05) is 24.3 Å². The van der Waals surface area contributed by atoms with Gasteiger partial charge in [0.1, 0.15) is 35.9 Å². The Morgan fingerprint density at radius 3 is 2.56 bits per heavy atom. The molecule has 3 aliphatic heterocycles. The van der Waals surface area contributed by atoms with Crippen molar-refractivity contribution in [2.75, 3.05) is 64.1 Å². The SMILES string of the molecule is Nc1ncnc2c1c(-c1ccc(Oc3ccccc3)cc1)nn2[C@@H]1CCCN(C(=O)COCCOCCSc2cccc3c2CN(C2CCCNC2)C3=O)C1. The first-order chi connectivity index (χ1) is 27.0. The number of piperidine rings is 2. The van der Waals surface area contributed by atoms with Crippen molar-refractivity contribution in [3.63, 3.8) is 0 Å². The fraction of sp³-hybridized carbons (Fsp3) is 0.390. The van der Waals surface area contributed by atoms with Crippen molar-refractivity contribution in [1.82, 2.24) is 34.9 Å². The molecular weight excluding hydrogens is 717 g/mol. The fourth-order valence-electron chi connectivity index (χ4n) is 7.68. The molecule has 0 saturated carbocycles. The lowest BCUT2D eigenvalue weighted by Crippen LogP contribution is -2.46. The van der Waals surface area contributed by atoms with Gasteiger partial charge in [-0.3, -0.25) is 9.59 Å². The van der Waals surface area contributed by atoms with E-state index >= 15 is 0 Å². The summed E-state index contributed by atoms with van der Waals surface area (Å²) < 4.78 is 19.5. The summed E-state index contributed by atoms with van der Waals surface area (Å²) in [6.45, 7) is 4.96. The largest absolute Gasteiger partial charge is 0.457 e. The van der Waals surface area contributed by atoms with Crippen molar-refractivity contribution in [2.24, 2.45) is 0 Å². The molecule has 2 atom stereocenters. The molecule has 2 fully saturated rings. The van der Waals surface area contributed by atoms with Crippen LogP contribution in [0.5, 0.6) is 11.5 Å². The van der Waals surface area contributed by atoms with Gasteiger partial charge in [0, 0.05) is 54.0 Å². The van der Waals surface area contributed by atoms with Crippen LogP contribution >= 0.6 is 11.8 Å². The molecule has 1 unspecified atom stereocenters. The van der Waals surface area contributed by atoms with E-state index in [1.54, 1.807) is 11.8 Å². The van der Waals surface area contributed by atoms with Gasteiger partial charge in [-0.15, -0.1) is 11.8 Å². The quantitative estimate of drug-likeness (QED) is 0.108. The number of hydrogen-bond acceptors (Lipinski definition) is 11. The maximum Gasteiger partial charge on any atom is 0.254 e. The molecule has 3 N–H and O–H groups in total. The third-order valence-corrected chi connectivity index (χ3v) is 11.5. The van der Waals surface area contributed by atoms with Crippen molar-refractivity contribution in [1.29, 1.82) is 0 Å². The molecule has 0 radical (unpaired) electrons. The topological polar surface area (TPSA) is 150 Å². The summed E-state index contributed by atoms with van der Waals surface area (Å²) in [5.74, 6) is 2.67. The van der Waals surface area contributed by atoms with Crippen LogP contribution in [-0.2, 0) is 20.8 Å². The minimum atomic E-state index is -0.0823. The number of nitrogen functional groups attached to an aromatic ring is 1. The summed E-state index contributed by atoms with van der Waals surface area (Å²) in [7, 11) is 0. The van der Waals surface area contributed by atoms with E-state index in [4.69, 9.17) is 25.0 Å². The number of carbonyl (C=O) groups is 2. The lowest BCUT2D eigenvalue weighted by atomic mass is 10.1. The summed E-state index contributed by atoms with van der Waals surface area (Å²) in [5.41, 5.74) is 10.5. The fourth-order valence-corrected chi connectivity index (χ4v) is 8.62. The highest BCUT2D eigenvalue weighted by atomic mass is 32.2. The van der Waals surface area contributed by atoms with E-state index in [0.717, 1.165) is 71.9 Å². The van der Waals surface area contributed by atoms with E-state index < -0.39 is 0 Å². The number of amides is 2. The molecule has 13 nitrogen and oxygen atoms in total. The van der Waals surface area contributed by atoms with Gasteiger partial charge in [-0.25, -0.2) is 14.6 Å². The van der Waals surface area contributed by atoms with Crippen LogP contribution in [0.15, 0.2) is 84.0 Å². The summed E-state index contributed by atoms with van der Waals surface area (Å²) in [5, 5.41) is 9.12. The number of nitrogens with one attached hydrogen (secondary N) is 1. The predicted molar refractivity (Wildman–Crippen MR) is 211 cm³/mol. The molecule has 5 heterocycles. The lowest BCUT2D eigenvalue weighted by molar-refractivity contribution is -0.138. The van der Waals surface area contributed by atoms with E-state index in [2.05, 4.69) is 21.4 Å². The molecule has 2 saturated heterocycles. The molecule has 8 rings (SSSR count). The third-order valence-electron chi connectivity index (χ3n) is 10.5. The lowest BCUT2D eigenvalue weighted by Gasteiger charge is -2.33. The number of benzene rings is 3. The number of hydrogen-bond donors (Lipinski definition) is 2.